The summed E-state index contributed by atoms with van der Waals surface area (Å²) in [6, 6.07) is 0. The van der Waals surface area contributed by atoms with Gasteiger partial charge in [-0.3, -0.25) is 0 Å². The Hall–Kier alpha value is 0.843. The second kappa shape index (κ2) is 31.0. The number of hydrogen-bond donors (Lipinski definition) is 2. The molecule has 0 unspecified atom stereocenters. The summed E-state index contributed by atoms with van der Waals surface area (Å²) in [5, 5.41) is 6.01. The van der Waals surface area contributed by atoms with Crippen molar-refractivity contribution >= 4 is 58.3 Å². The molecule has 0 aromatic heterocycles. The van der Waals surface area contributed by atoms with Crippen molar-refractivity contribution in [3.05, 3.63) is 0 Å². The van der Waals surface area contributed by atoms with Crippen molar-refractivity contribution < 1.29 is 19.5 Å². The van der Waals surface area contributed by atoms with Crippen LogP contribution < -0.4 is 10.6 Å². The van der Waals surface area contributed by atoms with Gasteiger partial charge in [-0.2, -0.15) is 0 Å². The Bertz CT molecular complexity index is 313. The molecule has 2 N–H and O–H groups in total. The normalized spacial score (nSPS) is 9.72. The van der Waals surface area contributed by atoms with Gasteiger partial charge in [0.05, 0.1) is 0 Å². The van der Waals surface area contributed by atoms with E-state index in [4.69, 9.17) is 49.7 Å². The minimum atomic E-state index is 0. The van der Waals surface area contributed by atoms with E-state index in [-0.39, 0.29) is 19.5 Å². The summed E-state index contributed by atoms with van der Waals surface area (Å²) in [4.78, 5) is 0. The molecule has 0 fully saturated rings. The molecule has 0 aliphatic heterocycles. The standard InChI is InChI=1S/2C11H23NS2.Zn/c2*1-2-3-4-5-6-7-8-9-10-12-11(13)14;/h2*2-10H2,1H3,(H2,12,13,14);/q;;+2/p-2. The molecule has 0 aromatic carbocycles. The first-order valence-corrected chi connectivity index (χ1v) is 13.1. The van der Waals surface area contributed by atoms with Gasteiger partial charge in [-0.25, -0.2) is 0 Å². The van der Waals surface area contributed by atoms with E-state index < -0.39 is 0 Å². The fourth-order valence-electron chi connectivity index (χ4n) is 2.90. The molecule has 0 bridgehead atoms. The third-order valence-corrected chi connectivity index (χ3v) is 5.18. The van der Waals surface area contributed by atoms with Crippen LogP contribution in [0.25, 0.3) is 0 Å². The molecule has 0 radical (unpaired) electrons. The van der Waals surface area contributed by atoms with E-state index in [0.29, 0.717) is 8.64 Å². The van der Waals surface area contributed by atoms with Gasteiger partial charge in [0.2, 0.25) is 0 Å². The SMILES string of the molecule is CCCCCCCCCCNC(=S)[S-].CCCCCCCCCCNC(=S)[S-].[Zn+2]. The maximum Gasteiger partial charge on any atom is 2.00 e. The topological polar surface area (TPSA) is 24.1 Å². The molecule has 2 nitrogen and oxygen atoms in total. The molecule has 0 atom stereocenters. The minimum Gasteiger partial charge on any atom is -0.412 e. The van der Waals surface area contributed by atoms with Crippen molar-refractivity contribution in [1.29, 1.82) is 0 Å². The molecule has 0 aliphatic rings. The first kappa shape index (κ1) is 34.5. The monoisotopic (exact) mass is 528 g/mol. The maximum atomic E-state index is 4.75. The first-order valence-electron chi connectivity index (χ1n) is 11.4. The summed E-state index contributed by atoms with van der Waals surface area (Å²) >= 11 is 19.0. The van der Waals surface area contributed by atoms with Crippen LogP contribution in [0, 0.1) is 0 Å². The van der Waals surface area contributed by atoms with E-state index in [0.717, 1.165) is 13.1 Å². The second-order valence-electron chi connectivity index (χ2n) is 7.38. The molecule has 0 saturated heterocycles. The zero-order chi connectivity index (χ0) is 21.3. The Morgan fingerprint density at radius 1 is 0.517 bits per heavy atom. The maximum absolute atomic E-state index is 4.75. The Kier molecular flexibility index (Phi) is 36.9. The third kappa shape index (κ3) is 39.8. The Morgan fingerprint density at radius 2 is 0.759 bits per heavy atom. The number of unbranched alkanes of at least 4 members (excludes halogenated alkanes) is 14. The predicted molar refractivity (Wildman–Crippen MR) is 141 cm³/mol. The molecular weight excluding hydrogens is 486 g/mol. The van der Waals surface area contributed by atoms with Crippen LogP contribution in [0.2, 0.25) is 0 Å². The van der Waals surface area contributed by atoms with Crippen LogP contribution in [0.15, 0.2) is 0 Å². The average Bonchev–Trinajstić information content (AvgIpc) is 2.65. The van der Waals surface area contributed by atoms with Gasteiger partial charge in [-0.1, -0.05) is 112 Å². The fourth-order valence-corrected chi connectivity index (χ4v) is 3.31. The van der Waals surface area contributed by atoms with E-state index in [1.54, 1.807) is 0 Å². The molecule has 0 rings (SSSR count). The summed E-state index contributed by atoms with van der Waals surface area (Å²) in [7, 11) is 0. The molecule has 0 saturated carbocycles. The second-order valence-corrected chi connectivity index (χ2v) is 9.53. The van der Waals surface area contributed by atoms with Gasteiger partial charge in [0, 0.05) is 13.1 Å². The van der Waals surface area contributed by atoms with Crippen molar-refractivity contribution in [2.24, 2.45) is 0 Å². The average molecular weight is 530 g/mol. The molecule has 0 aliphatic carbocycles. The zero-order valence-electron chi connectivity index (χ0n) is 19.1. The van der Waals surface area contributed by atoms with E-state index in [1.165, 1.54) is 103 Å². The predicted octanol–water partition coefficient (Wildman–Crippen LogP) is 7.09. The van der Waals surface area contributed by atoms with Crippen molar-refractivity contribution in [2.45, 2.75) is 117 Å². The van der Waals surface area contributed by atoms with E-state index in [1.807, 2.05) is 0 Å². The molecule has 168 valence electrons. The van der Waals surface area contributed by atoms with Crippen LogP contribution in [-0.2, 0) is 44.7 Å². The van der Waals surface area contributed by atoms with E-state index in [2.05, 4.69) is 24.5 Å². The number of thiocarbonyl (C=S) groups is 2. The van der Waals surface area contributed by atoms with Crippen LogP contribution in [0.1, 0.15) is 117 Å². The molecular formula is C22H44N2S4Zn. The summed E-state index contributed by atoms with van der Waals surface area (Å²) in [6.07, 6.45) is 21.6. The summed E-state index contributed by atoms with van der Waals surface area (Å²) in [5.74, 6) is 0. The molecule has 0 spiro atoms. The van der Waals surface area contributed by atoms with E-state index in [9.17, 15) is 0 Å². The molecule has 7 heteroatoms. The van der Waals surface area contributed by atoms with Gasteiger partial charge < -0.3 is 60.3 Å². The van der Waals surface area contributed by atoms with Crippen molar-refractivity contribution in [3.63, 3.8) is 0 Å². The van der Waals surface area contributed by atoms with Crippen LogP contribution in [0.4, 0.5) is 0 Å². The Morgan fingerprint density at radius 3 is 1.00 bits per heavy atom. The van der Waals surface area contributed by atoms with Gasteiger partial charge in [0.25, 0.3) is 0 Å². The van der Waals surface area contributed by atoms with Crippen molar-refractivity contribution in [2.75, 3.05) is 13.1 Å². The molecule has 0 amide bonds. The minimum absolute atomic E-state index is 0. The van der Waals surface area contributed by atoms with Gasteiger partial charge in [0.15, 0.2) is 0 Å². The number of nitrogens with one attached hydrogen (secondary N) is 2. The molecule has 0 heterocycles. The van der Waals surface area contributed by atoms with Crippen molar-refractivity contribution in [1.82, 2.24) is 10.6 Å². The van der Waals surface area contributed by atoms with Crippen LogP contribution in [-0.4, -0.2) is 21.7 Å². The Balaban J connectivity index is -0.000000451. The van der Waals surface area contributed by atoms with Crippen LogP contribution >= 0.6 is 24.4 Å². The van der Waals surface area contributed by atoms with Gasteiger partial charge in [-0.15, -0.1) is 0 Å². The van der Waals surface area contributed by atoms with Gasteiger partial charge in [-0.05, 0) is 12.8 Å². The fraction of sp³-hybridized carbons (Fsp3) is 0.909. The van der Waals surface area contributed by atoms with Gasteiger partial charge >= 0.3 is 19.5 Å². The quantitative estimate of drug-likeness (QED) is 0.0850. The molecule has 29 heavy (non-hydrogen) atoms. The Labute approximate surface area is 216 Å². The number of hydrogen-bond acceptors (Lipinski definition) is 4. The smallest absolute Gasteiger partial charge is 0.412 e. The molecule has 0 aromatic rings. The third-order valence-electron chi connectivity index (χ3n) is 4.60. The number of rotatable bonds is 18. The van der Waals surface area contributed by atoms with Crippen LogP contribution in [0.3, 0.4) is 0 Å². The first-order chi connectivity index (χ1) is 13.5. The van der Waals surface area contributed by atoms with Crippen LogP contribution in [0.5, 0.6) is 0 Å². The van der Waals surface area contributed by atoms with Gasteiger partial charge in [0.1, 0.15) is 0 Å². The largest absolute Gasteiger partial charge is 2.00 e. The summed E-state index contributed by atoms with van der Waals surface area (Å²) < 4.78 is 1.01. The van der Waals surface area contributed by atoms with Crippen molar-refractivity contribution in [3.8, 4) is 0 Å². The summed E-state index contributed by atoms with van der Waals surface area (Å²) in [5.41, 5.74) is 0. The summed E-state index contributed by atoms with van der Waals surface area (Å²) in [6.45, 7) is 6.42. The van der Waals surface area contributed by atoms with E-state index >= 15 is 0 Å². The zero-order valence-corrected chi connectivity index (χ0v) is 25.3.